The molecule has 0 radical (unpaired) electrons. The number of esters is 1. The van der Waals surface area contributed by atoms with Crippen molar-refractivity contribution in [2.24, 2.45) is 0 Å². The Bertz CT molecular complexity index is 680. The first-order valence-corrected chi connectivity index (χ1v) is 6.50. The fraction of sp³-hybridized carbons (Fsp3) is 0.267. The Balaban J connectivity index is 2.44. The van der Waals surface area contributed by atoms with E-state index in [-0.39, 0.29) is 12.3 Å². The van der Waals surface area contributed by atoms with Gasteiger partial charge in [-0.05, 0) is 13.8 Å². The lowest BCUT2D eigenvalue weighted by Crippen LogP contribution is -2.18. The molecule has 0 bridgehead atoms. The van der Waals surface area contributed by atoms with Gasteiger partial charge in [0, 0.05) is 5.56 Å². The number of ether oxygens (including phenoxy) is 1. The monoisotopic (exact) mass is 282 g/mol. The van der Waals surface area contributed by atoms with Gasteiger partial charge < -0.3 is 4.74 Å². The number of rotatable bonds is 4. The first kappa shape index (κ1) is 14.6. The highest BCUT2D eigenvalue weighted by molar-refractivity contribution is 5.81. The van der Waals surface area contributed by atoms with Crippen molar-refractivity contribution in [3.05, 3.63) is 41.7 Å². The van der Waals surface area contributed by atoms with E-state index in [1.54, 1.807) is 13.8 Å². The van der Waals surface area contributed by atoms with Gasteiger partial charge in [0.15, 0.2) is 11.7 Å². The Morgan fingerprint density at radius 1 is 1.33 bits per heavy atom. The highest BCUT2D eigenvalue weighted by Crippen LogP contribution is 2.20. The molecule has 0 N–H and O–H groups in total. The summed E-state index contributed by atoms with van der Waals surface area (Å²) in [5, 5.41) is 17.2. The summed E-state index contributed by atoms with van der Waals surface area (Å²) in [7, 11) is 0. The zero-order chi connectivity index (χ0) is 15.2. The molecule has 0 amide bonds. The number of aryl methyl sites for hydroxylation is 1. The quantitative estimate of drug-likeness (QED) is 0.797. The van der Waals surface area contributed by atoms with Crippen LogP contribution in [0.15, 0.2) is 30.3 Å². The minimum atomic E-state index is -1.09. The Labute approximate surface area is 122 Å². The summed E-state index contributed by atoms with van der Waals surface area (Å²) in [5.74, 6) is -1.34. The largest absolute Gasteiger partial charge is 0.465 e. The molecular formula is C15H14N4O2. The molecule has 0 saturated carbocycles. The maximum atomic E-state index is 11.8. The zero-order valence-electron chi connectivity index (χ0n) is 11.8. The van der Waals surface area contributed by atoms with Crippen molar-refractivity contribution in [3.8, 4) is 17.5 Å². The summed E-state index contributed by atoms with van der Waals surface area (Å²) in [6, 6.07) is 11.2. The Hall–Kier alpha value is -2.81. The lowest BCUT2D eigenvalue weighted by molar-refractivity contribution is -0.143. The first-order valence-electron chi connectivity index (χ1n) is 6.50. The van der Waals surface area contributed by atoms with Gasteiger partial charge in [-0.25, -0.2) is 4.98 Å². The Morgan fingerprint density at radius 2 is 2.05 bits per heavy atom. The molecule has 2 rings (SSSR count). The number of carbonyl (C=O) groups excluding carboxylic acids is 1. The van der Waals surface area contributed by atoms with Crippen LogP contribution in [-0.4, -0.2) is 27.8 Å². The highest BCUT2D eigenvalue weighted by atomic mass is 16.5. The average Bonchev–Trinajstić information content (AvgIpc) is 2.51. The third-order valence-electron chi connectivity index (χ3n) is 2.85. The van der Waals surface area contributed by atoms with E-state index in [0.717, 1.165) is 5.56 Å². The van der Waals surface area contributed by atoms with E-state index in [4.69, 9.17) is 4.74 Å². The van der Waals surface area contributed by atoms with E-state index in [9.17, 15) is 10.1 Å². The molecule has 1 heterocycles. The maximum Gasteiger partial charge on any atom is 0.329 e. The van der Waals surface area contributed by atoms with Gasteiger partial charge in [0.05, 0.1) is 24.1 Å². The van der Waals surface area contributed by atoms with Gasteiger partial charge in [-0.15, -0.1) is 5.10 Å². The molecule has 0 aliphatic carbocycles. The smallest absolute Gasteiger partial charge is 0.329 e. The summed E-state index contributed by atoms with van der Waals surface area (Å²) in [4.78, 5) is 16.2. The van der Waals surface area contributed by atoms with Crippen LogP contribution in [0.3, 0.4) is 0 Å². The van der Waals surface area contributed by atoms with Gasteiger partial charge in [-0.3, -0.25) is 4.79 Å². The lowest BCUT2D eigenvalue weighted by atomic mass is 10.1. The molecule has 6 heteroatoms. The topological polar surface area (TPSA) is 88.8 Å². The van der Waals surface area contributed by atoms with Crippen LogP contribution in [0.4, 0.5) is 0 Å². The summed E-state index contributed by atoms with van der Waals surface area (Å²) in [6.45, 7) is 3.56. The zero-order valence-corrected chi connectivity index (χ0v) is 11.8. The Kier molecular flexibility index (Phi) is 4.57. The molecule has 6 nitrogen and oxygen atoms in total. The lowest BCUT2D eigenvalue weighted by Gasteiger charge is -2.10. The van der Waals surface area contributed by atoms with E-state index < -0.39 is 11.9 Å². The van der Waals surface area contributed by atoms with E-state index in [2.05, 4.69) is 15.2 Å². The number of benzene rings is 1. The van der Waals surface area contributed by atoms with Gasteiger partial charge >= 0.3 is 5.97 Å². The normalized spacial score (nSPS) is 11.5. The number of hydrogen-bond donors (Lipinski definition) is 0. The van der Waals surface area contributed by atoms with Crippen molar-refractivity contribution in [1.82, 2.24) is 15.2 Å². The summed E-state index contributed by atoms with van der Waals surface area (Å²) >= 11 is 0. The van der Waals surface area contributed by atoms with E-state index in [1.165, 1.54) is 0 Å². The van der Waals surface area contributed by atoms with Crippen LogP contribution >= 0.6 is 0 Å². The first-order chi connectivity index (χ1) is 10.2. The van der Waals surface area contributed by atoms with Crippen LogP contribution in [0.5, 0.6) is 0 Å². The van der Waals surface area contributed by atoms with E-state index in [0.29, 0.717) is 11.5 Å². The van der Waals surface area contributed by atoms with E-state index >= 15 is 0 Å². The third kappa shape index (κ3) is 3.20. The molecule has 1 aromatic heterocycles. The second-order valence-electron chi connectivity index (χ2n) is 4.29. The van der Waals surface area contributed by atoms with E-state index in [1.807, 2.05) is 36.4 Å². The van der Waals surface area contributed by atoms with Crippen molar-refractivity contribution in [2.45, 2.75) is 19.8 Å². The fourth-order valence-corrected chi connectivity index (χ4v) is 1.82. The second kappa shape index (κ2) is 6.57. The molecule has 1 unspecified atom stereocenters. The molecule has 1 atom stereocenters. The molecule has 0 aliphatic heterocycles. The summed E-state index contributed by atoms with van der Waals surface area (Å²) in [5.41, 5.74) is 1.49. The predicted octanol–water partition coefficient (Wildman–Crippen LogP) is 2.02. The van der Waals surface area contributed by atoms with Crippen LogP contribution in [0.2, 0.25) is 0 Å². The van der Waals surface area contributed by atoms with Crippen molar-refractivity contribution in [2.75, 3.05) is 6.61 Å². The van der Waals surface area contributed by atoms with Crippen LogP contribution in [0, 0.1) is 18.3 Å². The molecule has 0 saturated heterocycles. The predicted molar refractivity (Wildman–Crippen MR) is 75.0 cm³/mol. The molecule has 0 spiro atoms. The fourth-order valence-electron chi connectivity index (χ4n) is 1.82. The van der Waals surface area contributed by atoms with Gasteiger partial charge in [0.1, 0.15) is 0 Å². The van der Waals surface area contributed by atoms with Crippen LogP contribution in [0.25, 0.3) is 11.4 Å². The van der Waals surface area contributed by atoms with Crippen LogP contribution in [-0.2, 0) is 9.53 Å². The van der Waals surface area contributed by atoms with Crippen molar-refractivity contribution < 1.29 is 9.53 Å². The molecule has 21 heavy (non-hydrogen) atoms. The van der Waals surface area contributed by atoms with Crippen molar-refractivity contribution >= 4 is 5.97 Å². The third-order valence-corrected chi connectivity index (χ3v) is 2.85. The summed E-state index contributed by atoms with van der Waals surface area (Å²) in [6.07, 6.45) is 0. The number of nitrogens with zero attached hydrogens (tertiary/aromatic N) is 4. The Morgan fingerprint density at radius 3 is 2.67 bits per heavy atom. The molecule has 0 fully saturated rings. The van der Waals surface area contributed by atoms with Gasteiger partial charge in [-0.1, -0.05) is 30.3 Å². The SMILES string of the molecule is CCOC(=O)C(C#N)c1nc(-c2ccccc2)nnc1C. The number of carbonyl (C=O) groups is 1. The molecule has 0 aliphatic rings. The number of nitriles is 1. The van der Waals surface area contributed by atoms with Crippen molar-refractivity contribution in [3.63, 3.8) is 0 Å². The van der Waals surface area contributed by atoms with Crippen molar-refractivity contribution in [1.29, 1.82) is 5.26 Å². The number of aromatic nitrogens is 3. The standard InChI is InChI=1S/C15H14N4O2/c1-3-21-15(20)12(9-16)13-10(2)18-19-14(17-13)11-7-5-4-6-8-11/h4-8,12H,3H2,1-2H3. The van der Waals surface area contributed by atoms with Crippen LogP contribution < -0.4 is 0 Å². The molecular weight excluding hydrogens is 268 g/mol. The minimum Gasteiger partial charge on any atom is -0.465 e. The van der Waals surface area contributed by atoms with Gasteiger partial charge in [0.25, 0.3) is 0 Å². The summed E-state index contributed by atoms with van der Waals surface area (Å²) < 4.78 is 4.90. The highest BCUT2D eigenvalue weighted by Gasteiger charge is 2.26. The van der Waals surface area contributed by atoms with Crippen LogP contribution in [0.1, 0.15) is 24.2 Å². The number of hydrogen-bond acceptors (Lipinski definition) is 6. The maximum absolute atomic E-state index is 11.8. The molecule has 1 aromatic carbocycles. The van der Waals surface area contributed by atoms with Gasteiger partial charge in [-0.2, -0.15) is 10.4 Å². The molecule has 106 valence electrons. The average molecular weight is 282 g/mol. The second-order valence-corrected chi connectivity index (χ2v) is 4.29. The van der Waals surface area contributed by atoms with Gasteiger partial charge in [0.2, 0.25) is 0 Å². The minimum absolute atomic E-state index is 0.208. The molecule has 2 aromatic rings.